The summed E-state index contributed by atoms with van der Waals surface area (Å²) in [7, 11) is 0. The van der Waals surface area contributed by atoms with Gasteiger partial charge < -0.3 is 29.2 Å². The molecule has 7 heterocycles. The number of amides is 2. The van der Waals surface area contributed by atoms with E-state index in [1.54, 1.807) is 12.2 Å². The maximum absolute atomic E-state index is 13.0. The van der Waals surface area contributed by atoms with Crippen LogP contribution >= 0.6 is 0 Å². The predicted molar refractivity (Wildman–Crippen MR) is 220 cm³/mol. The van der Waals surface area contributed by atoms with Crippen LogP contribution in [0.2, 0.25) is 0 Å². The number of para-hydroxylation sites is 2. The van der Waals surface area contributed by atoms with Gasteiger partial charge in [0.2, 0.25) is 0 Å². The summed E-state index contributed by atoms with van der Waals surface area (Å²) in [6, 6.07) is 16.0. The van der Waals surface area contributed by atoms with E-state index in [9.17, 15) is 33.9 Å². The van der Waals surface area contributed by atoms with Crippen LogP contribution in [0.3, 0.4) is 0 Å². The second-order valence-electron chi connectivity index (χ2n) is 16.9. The Hall–Kier alpha value is -7.02. The van der Waals surface area contributed by atoms with Gasteiger partial charge in [-0.2, -0.15) is 0 Å². The van der Waals surface area contributed by atoms with Crippen LogP contribution in [0.4, 0.5) is 11.4 Å². The molecule has 61 heavy (non-hydrogen) atoms. The summed E-state index contributed by atoms with van der Waals surface area (Å²) in [4.78, 5) is 81.9. The first-order valence-electron chi connectivity index (χ1n) is 20.5. The van der Waals surface area contributed by atoms with Crippen molar-refractivity contribution >= 4 is 46.7 Å². The molecule has 13 nitrogen and oxygen atoms in total. The van der Waals surface area contributed by atoms with Crippen LogP contribution in [-0.2, 0) is 53.9 Å². The van der Waals surface area contributed by atoms with Crippen LogP contribution in [0.25, 0.3) is 0 Å². The lowest BCUT2D eigenvalue weighted by atomic mass is 9.75. The molecule has 0 bridgehead atoms. The molecule has 0 saturated carbocycles. The van der Waals surface area contributed by atoms with Gasteiger partial charge in [-0.3, -0.25) is 24.0 Å². The average Bonchev–Trinajstić information content (AvgIpc) is 3.79. The molecule has 2 aromatic rings. The Balaban J connectivity index is 0.000000150. The molecule has 4 unspecified atom stereocenters. The number of hydrogen-bond acceptors (Lipinski definition) is 11. The van der Waals surface area contributed by atoms with E-state index in [2.05, 4.69) is 21.9 Å². The number of rotatable bonds is 5. The number of carboxylic acids is 1. The highest BCUT2D eigenvalue weighted by atomic mass is 16.7. The molecule has 0 radical (unpaired) electrons. The van der Waals surface area contributed by atoms with Gasteiger partial charge >= 0.3 is 11.9 Å². The van der Waals surface area contributed by atoms with Crippen molar-refractivity contribution in [2.24, 2.45) is 0 Å². The molecule has 1 N–H and O–H groups in total. The number of allylic oxidation sites excluding steroid dienone is 8. The van der Waals surface area contributed by atoms with Gasteiger partial charge in [0, 0.05) is 107 Å². The lowest BCUT2D eigenvalue weighted by molar-refractivity contribution is -0.198. The number of carbonyl (C=O) groups excluding carboxylic acids is 5. The number of hydroxylamine groups is 2. The zero-order valence-corrected chi connectivity index (χ0v) is 33.5. The Bertz CT molecular complexity index is 2660. The average molecular weight is 820 g/mol. The third-order valence-corrected chi connectivity index (χ3v) is 13.0. The minimum Gasteiger partial charge on any atom is -0.485 e. The quantitative estimate of drug-likeness (QED) is 0.351. The summed E-state index contributed by atoms with van der Waals surface area (Å²) in [5.74, 6) is -1.46. The van der Waals surface area contributed by atoms with Crippen molar-refractivity contribution in [3.8, 4) is 0 Å². The maximum Gasteiger partial charge on any atom is 0.334 e. The highest BCUT2D eigenvalue weighted by Crippen LogP contribution is 2.56. The Morgan fingerprint density at radius 2 is 1.13 bits per heavy atom. The van der Waals surface area contributed by atoms with Crippen LogP contribution in [-0.4, -0.2) is 70.8 Å². The minimum absolute atomic E-state index is 0.0201. The number of carboxylic acid groups (broad SMARTS) is 1. The topological polar surface area (TPSA) is 160 Å². The normalized spacial score (nSPS) is 27.3. The standard InChI is InChI=1S/C26H22N2O6.C22H19NO4/c1-26(14-24(32)34-28-22(30)8-9-23(28)31)18-4-2-3-5-19(18)27-11-10-20-17(25(26)27)12-15-6-7-16(29)13-21(15)33-20;1-22(12-20(25)26)16-4-2-3-5-17(16)23-9-8-18-15(21(22)23)10-13-6-7-14(24)11-19(13)27-18/h2-7,12-13,20H,8-11,14H2,1H3;2-7,10-11,18H,8-9,12H2,1H3,(H,25,26). The summed E-state index contributed by atoms with van der Waals surface area (Å²) >= 11 is 0. The van der Waals surface area contributed by atoms with Gasteiger partial charge in [-0.25, -0.2) is 4.79 Å². The number of carbonyl (C=O) groups is 6. The first-order valence-corrected chi connectivity index (χ1v) is 20.5. The fourth-order valence-electron chi connectivity index (χ4n) is 10.4. The largest absolute Gasteiger partial charge is 0.485 e. The van der Waals surface area contributed by atoms with Crippen LogP contribution in [0, 0.1) is 0 Å². The number of nitrogens with zero attached hydrogens (tertiary/aromatic N) is 3. The third kappa shape index (κ3) is 6.12. The van der Waals surface area contributed by atoms with Crippen molar-refractivity contribution in [1.82, 2.24) is 5.06 Å². The zero-order chi connectivity index (χ0) is 42.4. The number of hydrogen-bond donors (Lipinski definition) is 1. The molecule has 9 aliphatic rings. The number of anilines is 2. The number of ether oxygens (including phenoxy) is 2. The van der Waals surface area contributed by atoms with Gasteiger partial charge in [0.15, 0.2) is 11.6 Å². The molecule has 7 aliphatic heterocycles. The van der Waals surface area contributed by atoms with E-state index in [1.165, 1.54) is 24.3 Å². The SMILES string of the molecule is CC1(CC(=O)O)C2=C3C=C4C=CC(=O)C=C4OC3CCN2c2ccccc21.CC1(CC(=O)ON2C(=O)CCC2=O)C2=C3C=C4C=CC(=O)C=C4OC3CCN2c2ccccc21. The van der Waals surface area contributed by atoms with Gasteiger partial charge in [-0.15, -0.1) is 5.06 Å². The van der Waals surface area contributed by atoms with Crippen molar-refractivity contribution < 1.29 is 48.2 Å². The van der Waals surface area contributed by atoms with Crippen molar-refractivity contribution in [3.05, 3.63) is 153 Å². The number of imide groups is 1. The van der Waals surface area contributed by atoms with Crippen molar-refractivity contribution in [3.63, 3.8) is 0 Å². The van der Waals surface area contributed by atoms with E-state index >= 15 is 0 Å². The molecular weight excluding hydrogens is 779 g/mol. The van der Waals surface area contributed by atoms with Crippen LogP contribution in [0.1, 0.15) is 63.5 Å². The Kier molecular flexibility index (Phi) is 8.79. The molecule has 11 rings (SSSR count). The summed E-state index contributed by atoms with van der Waals surface area (Å²) in [5.41, 5.74) is 8.35. The third-order valence-electron chi connectivity index (χ3n) is 13.0. The van der Waals surface area contributed by atoms with Gasteiger partial charge in [-0.05, 0) is 73.6 Å². The van der Waals surface area contributed by atoms with Crippen molar-refractivity contribution in [1.29, 1.82) is 0 Å². The van der Waals surface area contributed by atoms with Crippen LogP contribution in [0.15, 0.2) is 142 Å². The fraction of sp³-hybridized carbons (Fsp3) is 0.292. The molecule has 2 amide bonds. The molecule has 2 aliphatic carbocycles. The fourth-order valence-corrected chi connectivity index (χ4v) is 10.4. The molecule has 0 spiro atoms. The Morgan fingerprint density at radius 1 is 0.672 bits per heavy atom. The molecule has 2 aromatic carbocycles. The zero-order valence-electron chi connectivity index (χ0n) is 33.5. The number of fused-ring (bicyclic) bond motifs is 10. The van der Waals surface area contributed by atoms with E-state index in [1.807, 2.05) is 62.4 Å². The number of aliphatic carboxylic acids is 1. The summed E-state index contributed by atoms with van der Waals surface area (Å²) in [5, 5.41) is 10.2. The second kappa shape index (κ2) is 14.0. The predicted octanol–water partition coefficient (Wildman–Crippen LogP) is 6.01. The number of ketones is 2. The van der Waals surface area contributed by atoms with Gasteiger partial charge in [-0.1, -0.05) is 36.4 Å². The maximum atomic E-state index is 13.0. The molecule has 1 saturated heterocycles. The van der Waals surface area contributed by atoms with E-state index in [4.69, 9.17) is 14.3 Å². The summed E-state index contributed by atoms with van der Waals surface area (Å²) < 4.78 is 12.4. The van der Waals surface area contributed by atoms with Gasteiger partial charge in [0.05, 0.1) is 12.8 Å². The molecular formula is C48H41N3O10. The van der Waals surface area contributed by atoms with E-state index < -0.39 is 34.6 Å². The van der Waals surface area contributed by atoms with Crippen LogP contribution in [0.5, 0.6) is 0 Å². The molecule has 4 atom stereocenters. The minimum atomic E-state index is -0.822. The highest BCUT2D eigenvalue weighted by Gasteiger charge is 2.52. The second-order valence-corrected chi connectivity index (χ2v) is 16.9. The summed E-state index contributed by atoms with van der Waals surface area (Å²) in [6.07, 6.45) is 14.9. The highest BCUT2D eigenvalue weighted by molar-refractivity contribution is 6.03. The van der Waals surface area contributed by atoms with E-state index in [-0.39, 0.29) is 49.5 Å². The molecule has 308 valence electrons. The van der Waals surface area contributed by atoms with Crippen molar-refractivity contribution in [2.75, 3.05) is 22.9 Å². The molecule has 1 fully saturated rings. The van der Waals surface area contributed by atoms with Crippen LogP contribution < -0.4 is 9.80 Å². The van der Waals surface area contributed by atoms with E-state index in [0.29, 0.717) is 23.1 Å². The monoisotopic (exact) mass is 819 g/mol. The lowest BCUT2D eigenvalue weighted by Gasteiger charge is -2.41. The smallest absolute Gasteiger partial charge is 0.334 e. The first kappa shape index (κ1) is 38.2. The molecule has 0 aromatic heterocycles. The van der Waals surface area contributed by atoms with Gasteiger partial charge in [0.25, 0.3) is 11.8 Å². The summed E-state index contributed by atoms with van der Waals surface area (Å²) in [6.45, 7) is 5.44. The van der Waals surface area contributed by atoms with E-state index in [0.717, 1.165) is 75.6 Å². The first-order chi connectivity index (χ1) is 29.3. The number of benzene rings is 2. The molecule has 13 heteroatoms. The lowest BCUT2D eigenvalue weighted by Crippen LogP contribution is -2.42. The van der Waals surface area contributed by atoms with Crippen molar-refractivity contribution in [2.45, 2.75) is 75.4 Å². The Labute approximate surface area is 350 Å². The Morgan fingerprint density at radius 3 is 1.61 bits per heavy atom. The van der Waals surface area contributed by atoms with Gasteiger partial charge in [0.1, 0.15) is 23.7 Å².